The van der Waals surface area contributed by atoms with Gasteiger partial charge in [-0.15, -0.1) is 23.5 Å². The molecule has 0 aliphatic carbocycles. The highest BCUT2D eigenvalue weighted by Crippen LogP contribution is 2.29. The summed E-state index contributed by atoms with van der Waals surface area (Å²) < 4.78 is 0.226. The molecule has 0 bridgehead atoms. The molecule has 0 amide bonds. The molecule has 0 atom stereocenters. The predicted molar refractivity (Wildman–Crippen MR) is 38.9 cm³/mol. The second-order valence-electron chi connectivity index (χ2n) is 1.56. The van der Waals surface area contributed by atoms with Crippen LogP contribution in [0.2, 0.25) is 0 Å². The number of rotatable bonds is 0. The van der Waals surface area contributed by atoms with E-state index in [2.05, 4.69) is 6.07 Å². The Hall–Kier alpha value is 0.190. The van der Waals surface area contributed by atoms with Crippen LogP contribution in [0, 0.1) is 11.3 Å². The van der Waals surface area contributed by atoms with Gasteiger partial charge < -0.3 is 0 Å². The number of thioether (sulfide) groups is 2. The van der Waals surface area contributed by atoms with Gasteiger partial charge in [-0.25, -0.2) is 0 Å². The fourth-order valence-electron chi connectivity index (χ4n) is 0.562. The van der Waals surface area contributed by atoms with E-state index in [0.29, 0.717) is 0 Å². The molecule has 44 valence electrons. The van der Waals surface area contributed by atoms with Crippen LogP contribution in [-0.2, 0) is 0 Å². The van der Waals surface area contributed by atoms with Gasteiger partial charge in [-0.3, -0.25) is 0 Å². The zero-order valence-electron chi connectivity index (χ0n) is 4.46. The molecule has 0 radical (unpaired) electrons. The Bertz CT molecular complexity index is 101. The third-order valence-corrected chi connectivity index (χ3v) is 3.61. The van der Waals surface area contributed by atoms with Crippen LogP contribution in [0.25, 0.3) is 0 Å². The summed E-state index contributed by atoms with van der Waals surface area (Å²) in [5.74, 6) is 2.34. The number of nitriles is 1. The van der Waals surface area contributed by atoms with E-state index in [4.69, 9.17) is 5.26 Å². The highest BCUT2D eigenvalue weighted by molar-refractivity contribution is 8.17. The smallest absolute Gasteiger partial charge is 0.137 e. The Morgan fingerprint density at radius 1 is 1.38 bits per heavy atom. The standard InChI is InChI=1S/C5H7NS2/c6-4-5-7-2-1-3-8-5/h5H,1-3H2. The SMILES string of the molecule is N#CC1SCCCS1. The van der Waals surface area contributed by atoms with Gasteiger partial charge in [0, 0.05) is 0 Å². The molecule has 0 spiro atoms. The minimum Gasteiger partial charge on any atom is -0.196 e. The monoisotopic (exact) mass is 145 g/mol. The molecule has 0 aromatic heterocycles. The minimum atomic E-state index is 0.226. The van der Waals surface area contributed by atoms with Gasteiger partial charge in [-0.1, -0.05) is 0 Å². The van der Waals surface area contributed by atoms with Crippen molar-refractivity contribution >= 4 is 23.5 Å². The van der Waals surface area contributed by atoms with Gasteiger partial charge in [0.25, 0.3) is 0 Å². The molecule has 1 aliphatic rings. The molecule has 0 N–H and O–H groups in total. The van der Waals surface area contributed by atoms with E-state index in [0.717, 1.165) is 0 Å². The van der Waals surface area contributed by atoms with E-state index in [1.807, 2.05) is 0 Å². The van der Waals surface area contributed by atoms with Crippen molar-refractivity contribution in [2.75, 3.05) is 11.5 Å². The number of hydrogen-bond donors (Lipinski definition) is 0. The molecule has 0 aromatic rings. The summed E-state index contributed by atoms with van der Waals surface area (Å²) in [5, 5.41) is 8.40. The molecular formula is C5H7NS2. The number of hydrogen-bond acceptors (Lipinski definition) is 3. The van der Waals surface area contributed by atoms with Crippen LogP contribution in [-0.4, -0.2) is 16.1 Å². The van der Waals surface area contributed by atoms with Gasteiger partial charge in [-0.05, 0) is 17.9 Å². The summed E-state index contributed by atoms with van der Waals surface area (Å²) in [6, 6.07) is 2.23. The summed E-state index contributed by atoms with van der Waals surface area (Å²) >= 11 is 3.53. The third-order valence-electron chi connectivity index (χ3n) is 0.933. The van der Waals surface area contributed by atoms with E-state index < -0.39 is 0 Å². The van der Waals surface area contributed by atoms with Crippen LogP contribution in [0.5, 0.6) is 0 Å². The average molecular weight is 145 g/mol. The molecule has 0 unspecified atom stereocenters. The molecule has 8 heavy (non-hydrogen) atoms. The van der Waals surface area contributed by atoms with Crippen molar-refractivity contribution < 1.29 is 0 Å². The lowest BCUT2D eigenvalue weighted by atomic mass is 10.6. The first-order valence-electron chi connectivity index (χ1n) is 2.56. The van der Waals surface area contributed by atoms with Crippen LogP contribution in [0.4, 0.5) is 0 Å². The van der Waals surface area contributed by atoms with Crippen LogP contribution >= 0.6 is 23.5 Å². The average Bonchev–Trinajstić information content (AvgIpc) is 1.90. The fraction of sp³-hybridized carbons (Fsp3) is 0.800. The maximum absolute atomic E-state index is 8.40. The second-order valence-corrected chi connectivity index (χ2v) is 4.28. The first-order valence-corrected chi connectivity index (χ1v) is 4.66. The van der Waals surface area contributed by atoms with Gasteiger partial charge in [0.1, 0.15) is 4.58 Å². The molecular weight excluding hydrogens is 138 g/mol. The van der Waals surface area contributed by atoms with Crippen LogP contribution in [0.1, 0.15) is 6.42 Å². The third kappa shape index (κ3) is 1.61. The molecule has 1 heterocycles. The Balaban J connectivity index is 2.25. The normalized spacial score (nSPS) is 22.4. The Labute approximate surface area is 57.8 Å². The predicted octanol–water partition coefficient (Wildman–Crippen LogP) is 1.71. The fourth-order valence-corrected chi connectivity index (χ4v) is 2.91. The first kappa shape index (κ1) is 6.31. The van der Waals surface area contributed by atoms with Gasteiger partial charge in [0.2, 0.25) is 0 Å². The van der Waals surface area contributed by atoms with Gasteiger partial charge in [-0.2, -0.15) is 5.26 Å². The molecule has 0 aromatic carbocycles. The Kier molecular flexibility index (Phi) is 2.57. The Morgan fingerprint density at radius 3 is 2.38 bits per heavy atom. The summed E-state index contributed by atoms with van der Waals surface area (Å²) in [7, 11) is 0. The lowest BCUT2D eigenvalue weighted by Crippen LogP contribution is -2.02. The van der Waals surface area contributed by atoms with Crippen molar-refractivity contribution in [3.8, 4) is 6.07 Å². The van der Waals surface area contributed by atoms with Crippen molar-refractivity contribution in [1.29, 1.82) is 5.26 Å². The van der Waals surface area contributed by atoms with Crippen LogP contribution in [0.3, 0.4) is 0 Å². The largest absolute Gasteiger partial charge is 0.196 e. The van der Waals surface area contributed by atoms with Gasteiger partial charge in [0.05, 0.1) is 6.07 Å². The zero-order chi connectivity index (χ0) is 5.82. The zero-order valence-corrected chi connectivity index (χ0v) is 6.10. The van der Waals surface area contributed by atoms with Crippen molar-refractivity contribution in [3.63, 3.8) is 0 Å². The van der Waals surface area contributed by atoms with Crippen LogP contribution in [0.15, 0.2) is 0 Å². The highest BCUT2D eigenvalue weighted by Gasteiger charge is 2.11. The topological polar surface area (TPSA) is 23.8 Å². The second kappa shape index (κ2) is 3.26. The van der Waals surface area contributed by atoms with Gasteiger partial charge in [0.15, 0.2) is 0 Å². The maximum Gasteiger partial charge on any atom is 0.137 e. The van der Waals surface area contributed by atoms with E-state index >= 15 is 0 Å². The quantitative estimate of drug-likeness (QED) is 0.518. The van der Waals surface area contributed by atoms with E-state index in [1.165, 1.54) is 17.9 Å². The molecule has 1 aliphatic heterocycles. The van der Waals surface area contributed by atoms with Crippen molar-refractivity contribution in [2.45, 2.75) is 11.0 Å². The maximum atomic E-state index is 8.40. The van der Waals surface area contributed by atoms with Gasteiger partial charge >= 0.3 is 0 Å². The highest BCUT2D eigenvalue weighted by atomic mass is 32.2. The molecule has 1 saturated heterocycles. The van der Waals surface area contributed by atoms with Crippen molar-refractivity contribution in [3.05, 3.63) is 0 Å². The molecule has 1 fully saturated rings. The summed E-state index contributed by atoms with van der Waals surface area (Å²) in [6.45, 7) is 0. The van der Waals surface area contributed by atoms with E-state index in [9.17, 15) is 0 Å². The summed E-state index contributed by atoms with van der Waals surface area (Å²) in [4.78, 5) is 0. The van der Waals surface area contributed by atoms with E-state index in [-0.39, 0.29) is 4.58 Å². The molecule has 1 nitrogen and oxygen atoms in total. The summed E-state index contributed by atoms with van der Waals surface area (Å²) in [5.41, 5.74) is 0. The summed E-state index contributed by atoms with van der Waals surface area (Å²) in [6.07, 6.45) is 1.27. The molecule has 0 saturated carbocycles. The minimum absolute atomic E-state index is 0.226. The van der Waals surface area contributed by atoms with E-state index in [1.54, 1.807) is 23.5 Å². The molecule has 1 rings (SSSR count). The lowest BCUT2D eigenvalue weighted by Gasteiger charge is -2.12. The van der Waals surface area contributed by atoms with Crippen molar-refractivity contribution in [2.24, 2.45) is 0 Å². The number of nitrogens with zero attached hydrogens (tertiary/aromatic N) is 1. The lowest BCUT2D eigenvalue weighted by molar-refractivity contribution is 1.11. The van der Waals surface area contributed by atoms with Crippen LogP contribution < -0.4 is 0 Å². The van der Waals surface area contributed by atoms with Crippen molar-refractivity contribution in [1.82, 2.24) is 0 Å². The molecule has 3 heteroatoms. The Morgan fingerprint density at radius 2 is 2.00 bits per heavy atom. The first-order chi connectivity index (χ1) is 3.93.